The number of aryl methyl sites for hydroxylation is 1. The number of carbonyl (C=O) groups is 1. The van der Waals surface area contributed by atoms with E-state index in [-0.39, 0.29) is 12.6 Å². The van der Waals surface area contributed by atoms with Crippen molar-refractivity contribution in [3.05, 3.63) is 29.8 Å². The summed E-state index contributed by atoms with van der Waals surface area (Å²) < 4.78 is 5.37. The van der Waals surface area contributed by atoms with E-state index in [9.17, 15) is 4.79 Å². The van der Waals surface area contributed by atoms with Crippen LogP contribution in [-0.4, -0.2) is 24.6 Å². The zero-order chi connectivity index (χ0) is 13.5. The van der Waals surface area contributed by atoms with Crippen LogP contribution in [0.25, 0.3) is 0 Å². The Hall–Kier alpha value is -1.06. The number of rotatable bonds is 6. The standard InChI is InChI=1S/C14H20ClNO2/c1-4-12(15)14(17)16(10-18-5-2)13-9-7-6-8-11(13)3/h6-9,12H,4-5,10H2,1-3H3. The molecule has 0 radical (unpaired) electrons. The van der Waals surface area contributed by atoms with Crippen LogP contribution in [0.15, 0.2) is 24.3 Å². The van der Waals surface area contributed by atoms with Crippen LogP contribution in [0.4, 0.5) is 5.69 Å². The third-order valence-electron chi connectivity index (χ3n) is 2.72. The summed E-state index contributed by atoms with van der Waals surface area (Å²) in [6, 6.07) is 7.73. The van der Waals surface area contributed by atoms with Crippen molar-refractivity contribution < 1.29 is 9.53 Å². The number of anilines is 1. The van der Waals surface area contributed by atoms with Crippen molar-refractivity contribution >= 4 is 23.2 Å². The number of alkyl halides is 1. The number of halogens is 1. The molecule has 0 N–H and O–H groups in total. The molecule has 0 aromatic heterocycles. The molecule has 1 atom stereocenters. The Balaban J connectivity index is 2.98. The minimum absolute atomic E-state index is 0.109. The Morgan fingerprint density at radius 1 is 1.39 bits per heavy atom. The number of para-hydroxylation sites is 1. The molecular weight excluding hydrogens is 250 g/mol. The molecule has 0 aliphatic carbocycles. The molecule has 1 rings (SSSR count). The van der Waals surface area contributed by atoms with Crippen LogP contribution < -0.4 is 4.90 Å². The Morgan fingerprint density at radius 3 is 2.61 bits per heavy atom. The molecule has 100 valence electrons. The minimum Gasteiger partial charge on any atom is -0.361 e. The molecule has 3 nitrogen and oxygen atoms in total. The molecule has 4 heteroatoms. The number of hydrogen-bond donors (Lipinski definition) is 0. The fourth-order valence-electron chi connectivity index (χ4n) is 1.64. The first kappa shape index (κ1) is 15.0. The van der Waals surface area contributed by atoms with Crippen LogP contribution in [0.1, 0.15) is 25.8 Å². The lowest BCUT2D eigenvalue weighted by molar-refractivity contribution is -0.119. The average molecular weight is 270 g/mol. The summed E-state index contributed by atoms with van der Waals surface area (Å²) in [6.45, 7) is 6.57. The quantitative estimate of drug-likeness (QED) is 0.586. The predicted octanol–water partition coefficient (Wildman–Crippen LogP) is 3.34. The van der Waals surface area contributed by atoms with Crippen molar-refractivity contribution in [1.82, 2.24) is 0 Å². The first-order chi connectivity index (χ1) is 8.61. The second kappa shape index (κ2) is 7.39. The van der Waals surface area contributed by atoms with E-state index in [4.69, 9.17) is 16.3 Å². The van der Waals surface area contributed by atoms with Gasteiger partial charge in [0.05, 0.1) is 0 Å². The van der Waals surface area contributed by atoms with Gasteiger partial charge in [0.1, 0.15) is 12.1 Å². The highest BCUT2D eigenvalue weighted by Crippen LogP contribution is 2.21. The van der Waals surface area contributed by atoms with Crippen molar-refractivity contribution in [3.8, 4) is 0 Å². The maximum atomic E-state index is 12.2. The SMILES string of the molecule is CCOCN(C(=O)C(Cl)CC)c1ccccc1C. The van der Waals surface area contributed by atoms with Crippen molar-refractivity contribution in [1.29, 1.82) is 0 Å². The molecule has 1 amide bonds. The monoisotopic (exact) mass is 269 g/mol. The summed E-state index contributed by atoms with van der Waals surface area (Å²) in [4.78, 5) is 13.9. The third kappa shape index (κ3) is 3.72. The van der Waals surface area contributed by atoms with Crippen LogP contribution in [0, 0.1) is 6.92 Å². The molecule has 1 aromatic carbocycles. The van der Waals surface area contributed by atoms with Gasteiger partial charge in [-0.1, -0.05) is 25.1 Å². The summed E-state index contributed by atoms with van der Waals surface area (Å²) in [5.41, 5.74) is 1.89. The molecule has 0 saturated carbocycles. The van der Waals surface area contributed by atoms with Crippen LogP contribution in [0.2, 0.25) is 0 Å². The van der Waals surface area contributed by atoms with Crippen LogP contribution >= 0.6 is 11.6 Å². The fourth-order valence-corrected chi connectivity index (χ4v) is 1.76. The number of ether oxygens (including phenoxy) is 1. The first-order valence-electron chi connectivity index (χ1n) is 6.20. The van der Waals surface area contributed by atoms with Crippen LogP contribution in [0.5, 0.6) is 0 Å². The van der Waals surface area contributed by atoms with Gasteiger partial charge in [0.25, 0.3) is 0 Å². The molecule has 0 bridgehead atoms. The normalized spacial score (nSPS) is 12.2. The van der Waals surface area contributed by atoms with Gasteiger partial charge in [-0.3, -0.25) is 9.69 Å². The Kier molecular flexibility index (Phi) is 6.16. The predicted molar refractivity (Wildman–Crippen MR) is 75.1 cm³/mol. The van der Waals surface area contributed by atoms with Gasteiger partial charge in [-0.25, -0.2) is 0 Å². The lowest BCUT2D eigenvalue weighted by Crippen LogP contribution is -2.38. The van der Waals surface area contributed by atoms with Crippen molar-refractivity contribution in [2.75, 3.05) is 18.2 Å². The maximum absolute atomic E-state index is 12.2. The zero-order valence-corrected chi connectivity index (χ0v) is 11.9. The summed E-state index contributed by atoms with van der Waals surface area (Å²) in [6.07, 6.45) is 0.606. The largest absolute Gasteiger partial charge is 0.361 e. The number of carbonyl (C=O) groups excluding carboxylic acids is 1. The van der Waals surface area contributed by atoms with E-state index in [1.165, 1.54) is 0 Å². The Morgan fingerprint density at radius 2 is 2.06 bits per heavy atom. The highest BCUT2D eigenvalue weighted by Gasteiger charge is 2.23. The minimum atomic E-state index is -0.509. The van der Waals surface area contributed by atoms with E-state index in [0.717, 1.165) is 11.3 Å². The van der Waals surface area contributed by atoms with Gasteiger partial charge in [-0.05, 0) is 31.9 Å². The van der Waals surface area contributed by atoms with Gasteiger partial charge in [0, 0.05) is 12.3 Å². The van der Waals surface area contributed by atoms with Gasteiger partial charge in [-0.2, -0.15) is 0 Å². The summed E-state index contributed by atoms with van der Waals surface area (Å²) >= 11 is 6.04. The molecule has 0 saturated heterocycles. The maximum Gasteiger partial charge on any atom is 0.246 e. The van der Waals surface area contributed by atoms with Gasteiger partial charge in [0.15, 0.2) is 0 Å². The van der Waals surface area contributed by atoms with E-state index in [2.05, 4.69) is 0 Å². The number of nitrogens with zero attached hydrogens (tertiary/aromatic N) is 1. The molecule has 0 fully saturated rings. The van der Waals surface area contributed by atoms with E-state index in [1.807, 2.05) is 45.0 Å². The summed E-state index contributed by atoms with van der Waals surface area (Å²) in [7, 11) is 0. The van der Waals surface area contributed by atoms with Gasteiger partial charge in [-0.15, -0.1) is 11.6 Å². The van der Waals surface area contributed by atoms with E-state index in [0.29, 0.717) is 13.0 Å². The summed E-state index contributed by atoms with van der Waals surface area (Å²) in [5, 5.41) is -0.509. The Labute approximate surface area is 114 Å². The molecule has 0 aliphatic rings. The van der Waals surface area contributed by atoms with Gasteiger partial charge < -0.3 is 4.74 Å². The highest BCUT2D eigenvalue weighted by atomic mass is 35.5. The van der Waals surface area contributed by atoms with Crippen LogP contribution in [0.3, 0.4) is 0 Å². The number of hydrogen-bond acceptors (Lipinski definition) is 2. The van der Waals surface area contributed by atoms with Crippen molar-refractivity contribution in [2.45, 2.75) is 32.6 Å². The average Bonchev–Trinajstić information content (AvgIpc) is 2.39. The number of benzene rings is 1. The smallest absolute Gasteiger partial charge is 0.246 e. The molecule has 0 aliphatic heterocycles. The Bertz CT molecular complexity index is 395. The van der Waals surface area contributed by atoms with E-state index < -0.39 is 5.38 Å². The van der Waals surface area contributed by atoms with Gasteiger partial charge >= 0.3 is 0 Å². The van der Waals surface area contributed by atoms with E-state index >= 15 is 0 Å². The molecule has 18 heavy (non-hydrogen) atoms. The molecule has 0 spiro atoms. The lowest BCUT2D eigenvalue weighted by Gasteiger charge is -2.25. The molecule has 1 unspecified atom stereocenters. The molecule has 1 aromatic rings. The summed E-state index contributed by atoms with van der Waals surface area (Å²) in [5.74, 6) is -0.109. The highest BCUT2D eigenvalue weighted by molar-refractivity contribution is 6.32. The van der Waals surface area contributed by atoms with Gasteiger partial charge in [0.2, 0.25) is 5.91 Å². The van der Waals surface area contributed by atoms with Crippen molar-refractivity contribution in [3.63, 3.8) is 0 Å². The van der Waals surface area contributed by atoms with Crippen molar-refractivity contribution in [2.24, 2.45) is 0 Å². The first-order valence-corrected chi connectivity index (χ1v) is 6.64. The topological polar surface area (TPSA) is 29.5 Å². The molecule has 0 heterocycles. The number of amides is 1. The second-order valence-corrected chi connectivity index (χ2v) is 4.58. The van der Waals surface area contributed by atoms with Crippen LogP contribution in [-0.2, 0) is 9.53 Å². The fraction of sp³-hybridized carbons (Fsp3) is 0.500. The molecular formula is C14H20ClNO2. The second-order valence-electron chi connectivity index (χ2n) is 4.05. The third-order valence-corrected chi connectivity index (χ3v) is 3.22. The van der Waals surface area contributed by atoms with E-state index in [1.54, 1.807) is 4.90 Å². The zero-order valence-electron chi connectivity index (χ0n) is 11.1. The lowest BCUT2D eigenvalue weighted by atomic mass is 10.1.